The van der Waals surface area contributed by atoms with E-state index >= 15 is 0 Å². The number of carbonyl (C=O) groups is 2. The maximum Gasteiger partial charge on any atom is 0.321 e. The topological polar surface area (TPSA) is 73.9 Å². The zero-order valence-corrected chi connectivity index (χ0v) is 19.3. The minimum atomic E-state index is -0.210. The van der Waals surface area contributed by atoms with Gasteiger partial charge in [-0.3, -0.25) is 9.69 Å². The van der Waals surface area contributed by atoms with Gasteiger partial charge in [0.1, 0.15) is 0 Å². The van der Waals surface area contributed by atoms with E-state index in [1.807, 2.05) is 30.3 Å². The first-order valence-corrected chi connectivity index (χ1v) is 11.9. The molecule has 33 heavy (non-hydrogen) atoms. The van der Waals surface area contributed by atoms with Crippen LogP contribution in [0.1, 0.15) is 30.0 Å². The van der Waals surface area contributed by atoms with Crippen molar-refractivity contribution in [2.45, 2.75) is 25.8 Å². The number of nitrogens with one attached hydrogen (secondary N) is 2. The molecule has 0 aliphatic carbocycles. The summed E-state index contributed by atoms with van der Waals surface area (Å²) >= 11 is 0. The van der Waals surface area contributed by atoms with E-state index in [1.54, 1.807) is 4.90 Å². The summed E-state index contributed by atoms with van der Waals surface area (Å²) < 4.78 is 5.48. The maximum atomic E-state index is 13.3. The van der Waals surface area contributed by atoms with Crippen LogP contribution >= 0.6 is 0 Å². The summed E-state index contributed by atoms with van der Waals surface area (Å²) in [6, 6.07) is 17.6. The molecular formula is C26H34N4O3. The highest BCUT2D eigenvalue weighted by Crippen LogP contribution is 2.22. The van der Waals surface area contributed by atoms with Crippen molar-refractivity contribution in [3.8, 4) is 0 Å². The van der Waals surface area contributed by atoms with Crippen molar-refractivity contribution in [1.82, 2.24) is 15.1 Å². The summed E-state index contributed by atoms with van der Waals surface area (Å²) in [5.74, 6) is -0.191. The Morgan fingerprint density at radius 1 is 1.03 bits per heavy atom. The summed E-state index contributed by atoms with van der Waals surface area (Å²) in [5, 5.41) is 6.23. The van der Waals surface area contributed by atoms with E-state index < -0.39 is 0 Å². The van der Waals surface area contributed by atoms with Gasteiger partial charge in [0, 0.05) is 38.4 Å². The number of hydrogen-bond acceptors (Lipinski definition) is 4. The number of benzene rings is 2. The molecule has 7 nitrogen and oxygen atoms in total. The van der Waals surface area contributed by atoms with Crippen molar-refractivity contribution in [1.29, 1.82) is 0 Å². The highest BCUT2D eigenvalue weighted by molar-refractivity contribution is 5.90. The molecule has 176 valence electrons. The van der Waals surface area contributed by atoms with Gasteiger partial charge in [-0.05, 0) is 37.5 Å². The van der Waals surface area contributed by atoms with Crippen LogP contribution in [0.15, 0.2) is 54.6 Å². The van der Waals surface area contributed by atoms with E-state index in [0.717, 1.165) is 56.9 Å². The molecule has 2 atom stereocenters. The Bertz CT molecular complexity index is 913. The van der Waals surface area contributed by atoms with Gasteiger partial charge < -0.3 is 20.3 Å². The molecule has 2 saturated heterocycles. The van der Waals surface area contributed by atoms with Gasteiger partial charge in [-0.1, -0.05) is 48.0 Å². The summed E-state index contributed by atoms with van der Waals surface area (Å²) in [7, 11) is 0. The fourth-order valence-electron chi connectivity index (χ4n) is 4.46. The Morgan fingerprint density at radius 2 is 1.76 bits per heavy atom. The lowest BCUT2D eigenvalue weighted by atomic mass is 9.96. The Kier molecular flexibility index (Phi) is 7.96. The van der Waals surface area contributed by atoms with Crippen molar-refractivity contribution >= 4 is 17.6 Å². The predicted octanol–water partition coefficient (Wildman–Crippen LogP) is 3.43. The molecule has 0 spiro atoms. The third-order valence-electron chi connectivity index (χ3n) is 6.45. The van der Waals surface area contributed by atoms with Crippen LogP contribution in [-0.2, 0) is 9.53 Å². The molecule has 2 unspecified atom stereocenters. The molecule has 2 heterocycles. The van der Waals surface area contributed by atoms with Crippen LogP contribution in [0.4, 0.5) is 10.5 Å². The van der Waals surface area contributed by atoms with Gasteiger partial charge in [-0.15, -0.1) is 0 Å². The number of para-hydroxylation sites is 1. The fourth-order valence-corrected chi connectivity index (χ4v) is 4.46. The van der Waals surface area contributed by atoms with E-state index in [1.165, 1.54) is 5.56 Å². The molecule has 0 saturated carbocycles. The van der Waals surface area contributed by atoms with Crippen molar-refractivity contribution in [2.24, 2.45) is 5.92 Å². The first-order chi connectivity index (χ1) is 16.1. The van der Waals surface area contributed by atoms with Gasteiger partial charge in [-0.25, -0.2) is 4.79 Å². The van der Waals surface area contributed by atoms with Crippen LogP contribution in [0.2, 0.25) is 0 Å². The van der Waals surface area contributed by atoms with E-state index in [2.05, 4.69) is 46.7 Å². The molecule has 0 bridgehead atoms. The molecule has 2 aliphatic rings. The van der Waals surface area contributed by atoms with Gasteiger partial charge in [0.05, 0.1) is 25.2 Å². The van der Waals surface area contributed by atoms with Gasteiger partial charge >= 0.3 is 6.03 Å². The molecule has 2 fully saturated rings. The number of rotatable bonds is 6. The Hall–Kier alpha value is -2.90. The highest BCUT2D eigenvalue weighted by Gasteiger charge is 2.30. The first kappa shape index (κ1) is 23.3. The van der Waals surface area contributed by atoms with Crippen molar-refractivity contribution in [3.05, 3.63) is 65.7 Å². The third kappa shape index (κ3) is 6.55. The number of nitrogens with zero attached hydrogens (tertiary/aromatic N) is 2. The second-order valence-corrected chi connectivity index (χ2v) is 8.97. The number of aryl methyl sites for hydroxylation is 1. The number of anilines is 1. The van der Waals surface area contributed by atoms with Gasteiger partial charge in [0.15, 0.2) is 0 Å². The summed E-state index contributed by atoms with van der Waals surface area (Å²) in [6.07, 6.45) is 1.61. The summed E-state index contributed by atoms with van der Waals surface area (Å²) in [6.45, 7) is 7.11. The van der Waals surface area contributed by atoms with Crippen molar-refractivity contribution in [2.75, 3.05) is 51.3 Å². The number of carbonyl (C=O) groups excluding carboxylic acids is 2. The lowest BCUT2D eigenvalue weighted by Crippen LogP contribution is -2.49. The van der Waals surface area contributed by atoms with E-state index in [4.69, 9.17) is 4.74 Å². The number of urea groups is 1. The van der Waals surface area contributed by atoms with Crippen LogP contribution in [-0.4, -0.2) is 67.7 Å². The lowest BCUT2D eigenvalue weighted by Gasteiger charge is -2.34. The quantitative estimate of drug-likeness (QED) is 0.707. The zero-order valence-electron chi connectivity index (χ0n) is 19.3. The van der Waals surface area contributed by atoms with E-state index in [9.17, 15) is 9.59 Å². The Balaban J connectivity index is 1.39. The number of amides is 3. The molecule has 2 aromatic rings. The van der Waals surface area contributed by atoms with Gasteiger partial charge in [0.25, 0.3) is 0 Å². The van der Waals surface area contributed by atoms with Gasteiger partial charge in [-0.2, -0.15) is 0 Å². The molecule has 0 aromatic heterocycles. The summed E-state index contributed by atoms with van der Waals surface area (Å²) in [4.78, 5) is 30.1. The largest absolute Gasteiger partial charge is 0.379 e. The van der Waals surface area contributed by atoms with Gasteiger partial charge in [0.2, 0.25) is 5.91 Å². The molecule has 3 amide bonds. The average molecular weight is 451 g/mol. The minimum absolute atomic E-state index is 0.0195. The number of likely N-dealkylation sites (tertiary alicyclic amines) is 1. The van der Waals surface area contributed by atoms with Crippen LogP contribution in [0.3, 0.4) is 0 Å². The van der Waals surface area contributed by atoms with Crippen LogP contribution in [0, 0.1) is 12.8 Å². The average Bonchev–Trinajstić information content (AvgIpc) is 2.85. The SMILES string of the molecule is Cc1ccc(C(CN2CCOCC2)NC(=O)C2CCCN(C(=O)Nc3ccccc3)C2)cc1. The number of ether oxygens (including phenoxy) is 1. The molecule has 4 rings (SSSR count). The number of hydrogen-bond donors (Lipinski definition) is 2. The smallest absolute Gasteiger partial charge is 0.321 e. The number of morpholine rings is 1. The van der Waals surface area contributed by atoms with Crippen LogP contribution in [0.5, 0.6) is 0 Å². The summed E-state index contributed by atoms with van der Waals surface area (Å²) in [5.41, 5.74) is 3.07. The molecule has 2 aliphatic heterocycles. The Labute approximate surface area is 196 Å². The fraction of sp³-hybridized carbons (Fsp3) is 0.462. The highest BCUT2D eigenvalue weighted by atomic mass is 16.5. The lowest BCUT2D eigenvalue weighted by molar-refractivity contribution is -0.127. The molecular weight excluding hydrogens is 416 g/mol. The molecule has 2 N–H and O–H groups in total. The van der Waals surface area contributed by atoms with E-state index in [-0.39, 0.29) is 23.9 Å². The van der Waals surface area contributed by atoms with E-state index in [0.29, 0.717) is 13.1 Å². The predicted molar refractivity (Wildman–Crippen MR) is 129 cm³/mol. The Morgan fingerprint density at radius 3 is 2.48 bits per heavy atom. The third-order valence-corrected chi connectivity index (χ3v) is 6.45. The van der Waals surface area contributed by atoms with Crippen molar-refractivity contribution in [3.63, 3.8) is 0 Å². The monoisotopic (exact) mass is 450 g/mol. The first-order valence-electron chi connectivity index (χ1n) is 11.9. The number of piperidine rings is 1. The second-order valence-electron chi connectivity index (χ2n) is 8.97. The standard InChI is InChI=1S/C26H34N4O3/c1-20-9-11-21(12-10-20)24(19-29-14-16-33-17-15-29)28-25(31)22-6-5-13-30(18-22)26(32)27-23-7-3-2-4-8-23/h2-4,7-12,22,24H,5-6,13-19H2,1H3,(H,27,32)(H,28,31). The van der Waals surface area contributed by atoms with Crippen molar-refractivity contribution < 1.29 is 14.3 Å². The normalized spacial score (nSPS) is 20.2. The molecule has 2 aromatic carbocycles. The maximum absolute atomic E-state index is 13.3. The second kappa shape index (κ2) is 11.3. The minimum Gasteiger partial charge on any atom is -0.379 e. The van der Waals surface area contributed by atoms with Crippen LogP contribution in [0.25, 0.3) is 0 Å². The molecule has 7 heteroatoms. The zero-order chi connectivity index (χ0) is 23.0. The van der Waals surface area contributed by atoms with Crippen LogP contribution < -0.4 is 10.6 Å². The molecule has 0 radical (unpaired) electrons.